The van der Waals surface area contributed by atoms with E-state index < -0.39 is 29.2 Å². The number of alkyl halides is 1. The Kier molecular flexibility index (Phi) is 4.45. The van der Waals surface area contributed by atoms with E-state index in [1.54, 1.807) is 18.7 Å². The van der Waals surface area contributed by atoms with E-state index in [1.807, 2.05) is 0 Å². The smallest absolute Gasteiger partial charge is 0.329 e. The average molecular weight is 394 g/mol. The highest BCUT2D eigenvalue weighted by atomic mass is 19.1. The number of ether oxygens (including phenoxy) is 1. The van der Waals surface area contributed by atoms with Crippen LogP contribution in [-0.4, -0.2) is 42.0 Å². The molecule has 1 aliphatic heterocycles. The van der Waals surface area contributed by atoms with Gasteiger partial charge in [-0.2, -0.15) is 0 Å². The number of fused-ring (bicyclic) bond motifs is 1. The largest absolute Gasteiger partial charge is 0.493 e. The van der Waals surface area contributed by atoms with Crippen LogP contribution >= 0.6 is 0 Å². The second-order valence-electron chi connectivity index (χ2n) is 7.85. The predicted octanol–water partition coefficient (Wildman–Crippen LogP) is 1.60. The van der Waals surface area contributed by atoms with Gasteiger partial charge in [0.25, 0.3) is 5.56 Å². The molecule has 2 heterocycles. The number of aryl methyl sites for hydroxylation is 1. The van der Waals surface area contributed by atoms with Crippen LogP contribution in [0.2, 0.25) is 0 Å². The van der Waals surface area contributed by atoms with E-state index in [9.17, 15) is 14.0 Å². The molecule has 1 aromatic heterocycles. The molecule has 0 radical (unpaired) electrons. The number of halogens is 2. The third-order valence-electron chi connectivity index (χ3n) is 5.89. The molecule has 1 saturated carbocycles. The van der Waals surface area contributed by atoms with E-state index in [4.69, 9.17) is 10.5 Å². The van der Waals surface area contributed by atoms with Crippen LogP contribution in [0.15, 0.2) is 9.59 Å². The van der Waals surface area contributed by atoms with Gasteiger partial charge in [0.2, 0.25) is 0 Å². The van der Waals surface area contributed by atoms with Crippen molar-refractivity contribution in [3.63, 3.8) is 0 Å². The van der Waals surface area contributed by atoms with Gasteiger partial charge in [-0.05, 0) is 26.7 Å². The van der Waals surface area contributed by atoms with Crippen molar-refractivity contribution in [3.05, 3.63) is 32.2 Å². The fraction of sp³-hybridized carbons (Fsp3) is 0.579. The summed E-state index contributed by atoms with van der Waals surface area (Å²) in [6, 6.07) is -0.420. The summed E-state index contributed by atoms with van der Waals surface area (Å²) in [5.41, 5.74) is 5.61. The van der Waals surface area contributed by atoms with Crippen molar-refractivity contribution < 1.29 is 13.5 Å². The minimum absolute atomic E-state index is 0.00449. The Balaban J connectivity index is 2.02. The molecule has 9 heteroatoms. The Bertz CT molecular complexity index is 1060. The van der Waals surface area contributed by atoms with Crippen LogP contribution in [0.3, 0.4) is 0 Å². The maximum atomic E-state index is 15.4. The summed E-state index contributed by atoms with van der Waals surface area (Å²) >= 11 is 0. The first-order valence-electron chi connectivity index (χ1n) is 9.45. The van der Waals surface area contributed by atoms with E-state index in [1.165, 1.54) is 11.7 Å². The van der Waals surface area contributed by atoms with E-state index >= 15 is 4.39 Å². The molecule has 0 bridgehead atoms. The molecular weight excluding hydrogens is 370 g/mol. The van der Waals surface area contributed by atoms with Crippen LogP contribution in [0.1, 0.15) is 31.4 Å². The number of rotatable bonds is 4. The number of nitrogens with two attached hydrogens (primary N) is 1. The van der Waals surface area contributed by atoms with Gasteiger partial charge in [0, 0.05) is 36.7 Å². The Hall–Kier alpha value is -2.42. The molecule has 4 rings (SSSR count). The monoisotopic (exact) mass is 394 g/mol. The van der Waals surface area contributed by atoms with Gasteiger partial charge in [-0.1, -0.05) is 0 Å². The standard InChI is InChI=1S/C19H24F2N4O3/c1-8-15-13(18(26)23-19(27)25(15)10-4-5-10)17(28-3)14(21)16(8)24-6-11(9(2)22)12(20)7-24/h9-12H,4-7,22H2,1-3H3,(H,23,26,27). The fourth-order valence-electron chi connectivity index (χ4n) is 4.34. The Morgan fingerprint density at radius 3 is 2.50 bits per heavy atom. The van der Waals surface area contributed by atoms with Gasteiger partial charge in [0.05, 0.1) is 18.3 Å². The average Bonchev–Trinajstić information content (AvgIpc) is 3.37. The minimum Gasteiger partial charge on any atom is -0.493 e. The van der Waals surface area contributed by atoms with Gasteiger partial charge in [0.15, 0.2) is 11.6 Å². The Morgan fingerprint density at radius 1 is 1.29 bits per heavy atom. The minimum atomic E-state index is -1.19. The molecule has 1 aliphatic carbocycles. The van der Waals surface area contributed by atoms with Crippen LogP contribution < -0.4 is 26.6 Å². The number of H-pyrrole nitrogens is 1. The molecule has 7 nitrogen and oxygen atoms in total. The van der Waals surface area contributed by atoms with Crippen molar-refractivity contribution >= 4 is 16.6 Å². The normalized spacial score (nSPS) is 23.4. The highest BCUT2D eigenvalue weighted by Gasteiger charge is 2.39. The van der Waals surface area contributed by atoms with Gasteiger partial charge in [-0.15, -0.1) is 0 Å². The number of aromatic nitrogens is 2. The summed E-state index contributed by atoms with van der Waals surface area (Å²) in [6.45, 7) is 3.64. The van der Waals surface area contributed by atoms with E-state index in [0.29, 0.717) is 11.1 Å². The SMILES string of the molecule is COc1c(F)c(N2CC(F)C(C(C)N)C2)c(C)c2c1c(=O)[nH]c(=O)n2C1CC1. The molecule has 3 atom stereocenters. The number of anilines is 1. The molecule has 0 spiro atoms. The zero-order valence-corrected chi connectivity index (χ0v) is 16.1. The number of aromatic amines is 1. The summed E-state index contributed by atoms with van der Waals surface area (Å²) in [5, 5.41) is 0.00693. The van der Waals surface area contributed by atoms with Crippen LogP contribution in [0.5, 0.6) is 5.75 Å². The zero-order valence-electron chi connectivity index (χ0n) is 16.1. The quantitative estimate of drug-likeness (QED) is 0.822. The molecule has 28 heavy (non-hydrogen) atoms. The van der Waals surface area contributed by atoms with Crippen molar-refractivity contribution in [2.24, 2.45) is 11.7 Å². The maximum Gasteiger partial charge on any atom is 0.329 e. The number of nitrogens with zero attached hydrogens (tertiary/aromatic N) is 2. The van der Waals surface area contributed by atoms with Crippen molar-refractivity contribution in [1.82, 2.24) is 9.55 Å². The van der Waals surface area contributed by atoms with Crippen molar-refractivity contribution in [1.29, 1.82) is 0 Å². The van der Waals surface area contributed by atoms with E-state index in [2.05, 4.69) is 4.98 Å². The van der Waals surface area contributed by atoms with Crippen molar-refractivity contribution in [2.45, 2.75) is 44.9 Å². The molecule has 152 valence electrons. The van der Waals surface area contributed by atoms with Crippen molar-refractivity contribution in [3.8, 4) is 5.75 Å². The molecule has 2 fully saturated rings. The Morgan fingerprint density at radius 2 is 1.96 bits per heavy atom. The van der Waals surface area contributed by atoms with Crippen LogP contribution in [0.25, 0.3) is 10.9 Å². The molecular formula is C19H24F2N4O3. The summed E-state index contributed by atoms with van der Waals surface area (Å²) in [7, 11) is 1.27. The van der Waals surface area contributed by atoms with Gasteiger partial charge in [0.1, 0.15) is 11.6 Å². The third-order valence-corrected chi connectivity index (χ3v) is 5.89. The van der Waals surface area contributed by atoms with E-state index in [-0.39, 0.29) is 42.0 Å². The highest BCUT2D eigenvalue weighted by molar-refractivity contribution is 5.93. The highest BCUT2D eigenvalue weighted by Crippen LogP contribution is 2.43. The summed E-state index contributed by atoms with van der Waals surface area (Å²) in [5.74, 6) is -1.38. The van der Waals surface area contributed by atoms with E-state index in [0.717, 1.165) is 12.8 Å². The molecule has 1 saturated heterocycles. The first-order valence-corrected chi connectivity index (χ1v) is 9.45. The van der Waals surface area contributed by atoms with Crippen LogP contribution in [0.4, 0.5) is 14.5 Å². The summed E-state index contributed by atoms with van der Waals surface area (Å²) < 4.78 is 36.7. The van der Waals surface area contributed by atoms with Gasteiger partial charge in [-0.3, -0.25) is 14.3 Å². The number of hydrogen-bond acceptors (Lipinski definition) is 5. The summed E-state index contributed by atoms with van der Waals surface area (Å²) in [6.07, 6.45) is 0.419. The predicted molar refractivity (Wildman–Crippen MR) is 103 cm³/mol. The molecule has 2 aromatic rings. The first-order chi connectivity index (χ1) is 13.3. The van der Waals surface area contributed by atoms with Gasteiger partial charge >= 0.3 is 5.69 Å². The second-order valence-corrected chi connectivity index (χ2v) is 7.85. The first kappa shape index (κ1) is 18.9. The molecule has 3 N–H and O–H groups in total. The molecule has 2 aliphatic rings. The van der Waals surface area contributed by atoms with Gasteiger partial charge in [-0.25, -0.2) is 13.6 Å². The van der Waals surface area contributed by atoms with Crippen molar-refractivity contribution in [2.75, 3.05) is 25.1 Å². The van der Waals surface area contributed by atoms with Crippen LogP contribution in [0, 0.1) is 18.7 Å². The number of hydrogen-bond donors (Lipinski definition) is 2. The topological polar surface area (TPSA) is 93.3 Å². The fourth-order valence-corrected chi connectivity index (χ4v) is 4.34. The lowest BCUT2D eigenvalue weighted by Gasteiger charge is -2.25. The van der Waals surface area contributed by atoms with Crippen LogP contribution in [-0.2, 0) is 0 Å². The zero-order chi connectivity index (χ0) is 20.3. The van der Waals surface area contributed by atoms with Gasteiger partial charge < -0.3 is 15.4 Å². The molecule has 1 aromatic carbocycles. The number of methoxy groups -OCH3 is 1. The third kappa shape index (κ3) is 2.71. The maximum absolute atomic E-state index is 15.4. The lowest BCUT2D eigenvalue weighted by molar-refractivity contribution is 0.259. The lowest BCUT2D eigenvalue weighted by Crippen LogP contribution is -2.33. The lowest BCUT2D eigenvalue weighted by atomic mass is 10.00. The Labute approximate surface area is 160 Å². The number of benzene rings is 1. The summed E-state index contributed by atoms with van der Waals surface area (Å²) in [4.78, 5) is 28.9. The second kappa shape index (κ2) is 6.58. The molecule has 0 amide bonds. The molecule has 3 unspecified atom stereocenters. The number of nitrogens with one attached hydrogen (secondary N) is 1.